The van der Waals surface area contributed by atoms with E-state index >= 15 is 0 Å². The molecule has 0 aliphatic rings. The lowest BCUT2D eigenvalue weighted by atomic mass is 10.2. The number of nitrogens with zero attached hydrogens (tertiary/aromatic N) is 3. The summed E-state index contributed by atoms with van der Waals surface area (Å²) in [6.45, 7) is 6.27. The number of nitrogens with one attached hydrogen (secondary N) is 2. The van der Waals surface area contributed by atoms with E-state index in [4.69, 9.17) is 10.5 Å². The number of anilines is 2. The van der Waals surface area contributed by atoms with Crippen molar-refractivity contribution in [2.75, 3.05) is 31.2 Å². The van der Waals surface area contributed by atoms with Crippen molar-refractivity contribution in [3.63, 3.8) is 0 Å². The minimum atomic E-state index is -0.550. The third kappa shape index (κ3) is 6.80. The number of aromatic nitrogens is 2. The van der Waals surface area contributed by atoms with Crippen LogP contribution in [0.25, 0.3) is 0 Å². The van der Waals surface area contributed by atoms with Crippen molar-refractivity contribution in [2.45, 2.75) is 32.8 Å². The third-order valence-corrected chi connectivity index (χ3v) is 4.42. The first kappa shape index (κ1) is 23.8. The fourth-order valence-electron chi connectivity index (χ4n) is 2.91. The first-order valence-corrected chi connectivity index (χ1v) is 9.99. The molecule has 4 N–H and O–H groups in total. The summed E-state index contributed by atoms with van der Waals surface area (Å²) in [6.07, 6.45) is 3.49. The first-order chi connectivity index (χ1) is 14.4. The molecule has 0 saturated heterocycles. The number of aryl methyl sites for hydroxylation is 2. The van der Waals surface area contributed by atoms with Gasteiger partial charge in [-0.25, -0.2) is 4.79 Å². The van der Waals surface area contributed by atoms with Gasteiger partial charge in [-0.2, -0.15) is 0 Å². The summed E-state index contributed by atoms with van der Waals surface area (Å²) >= 11 is 0. The molecule has 2 aromatic rings. The zero-order valence-corrected chi connectivity index (χ0v) is 19.0. The Bertz CT molecular complexity index is 954. The number of nitrogen functional groups attached to an aromatic ring is 1. The Hall–Kier alpha value is -3.43. The molecular weight excluding hydrogens is 400 g/mol. The minimum absolute atomic E-state index is 0.272. The average molecular weight is 433 g/mol. The monoisotopic (exact) mass is 432 g/mol. The number of hydrogen-bond donors (Lipinski definition) is 3. The maximum absolute atomic E-state index is 12.5. The van der Waals surface area contributed by atoms with Crippen LogP contribution in [0.2, 0.25) is 0 Å². The Labute approximate surface area is 182 Å². The Morgan fingerprint density at radius 3 is 2.26 bits per heavy atom. The Morgan fingerprint density at radius 1 is 1.06 bits per heavy atom. The van der Waals surface area contributed by atoms with Gasteiger partial charge in [-0.05, 0) is 39.3 Å². The molecule has 0 unspecified atom stereocenters. The van der Waals surface area contributed by atoms with Gasteiger partial charge in [0.2, 0.25) is 0 Å². The maximum Gasteiger partial charge on any atom is 0.410 e. The number of ether oxygens (including phenoxy) is 1. The fraction of sp³-hybridized carbons (Fsp3) is 0.476. The standard InChI is InChI=1S/C21H32N6O4/c1-21(2,3)31-20(30)25(4)9-7-8-23-18(28)17-11-15(13-27(17)6)24-19(29)16-10-14(22)12-26(16)5/h10-13H,7-9,22H2,1-6H3,(H,23,28)(H,24,29). The van der Waals surface area contributed by atoms with Gasteiger partial charge < -0.3 is 35.1 Å². The van der Waals surface area contributed by atoms with Gasteiger partial charge >= 0.3 is 6.09 Å². The summed E-state index contributed by atoms with van der Waals surface area (Å²) < 4.78 is 8.56. The molecule has 2 aromatic heterocycles. The summed E-state index contributed by atoms with van der Waals surface area (Å²) in [5.74, 6) is -0.590. The van der Waals surface area contributed by atoms with Crippen molar-refractivity contribution in [3.8, 4) is 0 Å². The Morgan fingerprint density at radius 2 is 1.68 bits per heavy atom. The largest absolute Gasteiger partial charge is 0.444 e. The van der Waals surface area contributed by atoms with E-state index in [0.717, 1.165) is 0 Å². The molecule has 0 atom stereocenters. The molecule has 0 fully saturated rings. The van der Waals surface area contributed by atoms with Crippen molar-refractivity contribution < 1.29 is 19.1 Å². The summed E-state index contributed by atoms with van der Waals surface area (Å²) in [5, 5.41) is 5.59. The molecule has 10 heteroatoms. The topological polar surface area (TPSA) is 124 Å². The van der Waals surface area contributed by atoms with Crippen molar-refractivity contribution in [1.29, 1.82) is 0 Å². The van der Waals surface area contributed by atoms with Gasteiger partial charge in [-0.1, -0.05) is 0 Å². The van der Waals surface area contributed by atoms with Gasteiger partial charge in [0, 0.05) is 46.6 Å². The lowest BCUT2D eigenvalue weighted by molar-refractivity contribution is 0.0297. The molecule has 0 aliphatic heterocycles. The van der Waals surface area contributed by atoms with Crippen molar-refractivity contribution in [1.82, 2.24) is 19.4 Å². The van der Waals surface area contributed by atoms with Crippen LogP contribution in [0, 0.1) is 0 Å². The van der Waals surface area contributed by atoms with Crippen LogP contribution < -0.4 is 16.4 Å². The van der Waals surface area contributed by atoms with E-state index in [-0.39, 0.29) is 11.8 Å². The molecule has 0 aromatic carbocycles. The molecule has 31 heavy (non-hydrogen) atoms. The maximum atomic E-state index is 12.5. The van der Waals surface area contributed by atoms with Crippen LogP contribution in [0.3, 0.4) is 0 Å². The van der Waals surface area contributed by atoms with Crippen LogP contribution in [0.4, 0.5) is 16.2 Å². The second kappa shape index (κ2) is 9.59. The Balaban J connectivity index is 1.85. The SMILES string of the molecule is CN(CCCNC(=O)c1cc(NC(=O)c2cc(N)cn2C)cn1C)C(=O)OC(C)(C)C. The summed E-state index contributed by atoms with van der Waals surface area (Å²) in [7, 11) is 5.11. The second-order valence-corrected chi connectivity index (χ2v) is 8.46. The van der Waals surface area contributed by atoms with E-state index in [9.17, 15) is 14.4 Å². The quantitative estimate of drug-likeness (QED) is 0.579. The highest BCUT2D eigenvalue weighted by Crippen LogP contribution is 2.16. The number of carbonyl (C=O) groups excluding carboxylic acids is 3. The molecule has 0 bridgehead atoms. The molecular formula is C21H32N6O4. The van der Waals surface area contributed by atoms with Gasteiger partial charge in [0.25, 0.3) is 11.8 Å². The molecule has 10 nitrogen and oxygen atoms in total. The minimum Gasteiger partial charge on any atom is -0.444 e. The number of hydrogen-bond acceptors (Lipinski definition) is 5. The second-order valence-electron chi connectivity index (χ2n) is 8.46. The molecule has 2 heterocycles. The van der Waals surface area contributed by atoms with Crippen molar-refractivity contribution in [3.05, 3.63) is 35.9 Å². The highest BCUT2D eigenvalue weighted by Gasteiger charge is 2.19. The van der Waals surface area contributed by atoms with Crippen LogP contribution in [-0.2, 0) is 18.8 Å². The van der Waals surface area contributed by atoms with E-state index in [2.05, 4.69) is 10.6 Å². The molecule has 2 rings (SSSR count). The normalized spacial score (nSPS) is 11.2. The zero-order valence-electron chi connectivity index (χ0n) is 19.0. The van der Waals surface area contributed by atoms with Crippen LogP contribution in [-0.4, -0.2) is 57.7 Å². The van der Waals surface area contributed by atoms with Crippen LogP contribution in [0.15, 0.2) is 24.5 Å². The molecule has 0 saturated carbocycles. The van der Waals surface area contributed by atoms with Crippen molar-refractivity contribution >= 4 is 29.3 Å². The van der Waals surface area contributed by atoms with E-state index in [1.165, 1.54) is 4.90 Å². The molecule has 170 valence electrons. The molecule has 0 radical (unpaired) electrons. The van der Waals surface area contributed by atoms with Crippen LogP contribution in [0.1, 0.15) is 48.2 Å². The highest BCUT2D eigenvalue weighted by atomic mass is 16.6. The van der Waals surface area contributed by atoms with Crippen LogP contribution in [0.5, 0.6) is 0 Å². The summed E-state index contributed by atoms with van der Waals surface area (Å²) in [6, 6.07) is 3.19. The van der Waals surface area contributed by atoms with Gasteiger partial charge in [0.15, 0.2) is 0 Å². The predicted molar refractivity (Wildman–Crippen MR) is 119 cm³/mol. The smallest absolute Gasteiger partial charge is 0.410 e. The van der Waals surface area contributed by atoms with Gasteiger partial charge in [0.05, 0.1) is 11.4 Å². The van der Waals surface area contributed by atoms with Gasteiger partial charge in [0.1, 0.15) is 17.0 Å². The number of nitrogens with two attached hydrogens (primary N) is 1. The van der Waals surface area contributed by atoms with E-state index in [0.29, 0.717) is 42.3 Å². The van der Waals surface area contributed by atoms with Gasteiger partial charge in [-0.3, -0.25) is 9.59 Å². The molecule has 0 spiro atoms. The fourth-order valence-corrected chi connectivity index (χ4v) is 2.91. The molecule has 0 aliphatic carbocycles. The zero-order chi connectivity index (χ0) is 23.3. The number of rotatable bonds is 7. The lowest BCUT2D eigenvalue weighted by Gasteiger charge is -2.24. The highest BCUT2D eigenvalue weighted by molar-refractivity contribution is 6.04. The van der Waals surface area contributed by atoms with E-state index in [1.54, 1.807) is 54.8 Å². The summed E-state index contributed by atoms with van der Waals surface area (Å²) in [4.78, 5) is 38.3. The number of carbonyl (C=O) groups is 3. The van der Waals surface area contributed by atoms with Gasteiger partial charge in [-0.15, -0.1) is 0 Å². The lowest BCUT2D eigenvalue weighted by Crippen LogP contribution is -2.36. The molecule has 3 amide bonds. The van der Waals surface area contributed by atoms with Crippen LogP contribution >= 0.6 is 0 Å². The number of amides is 3. The third-order valence-electron chi connectivity index (χ3n) is 4.42. The first-order valence-electron chi connectivity index (χ1n) is 9.99. The van der Waals surface area contributed by atoms with Crippen molar-refractivity contribution in [2.24, 2.45) is 14.1 Å². The summed E-state index contributed by atoms with van der Waals surface area (Å²) in [5.41, 5.74) is 6.99. The van der Waals surface area contributed by atoms with E-state index in [1.807, 2.05) is 20.8 Å². The average Bonchev–Trinajstić information content (AvgIpc) is 3.17. The van der Waals surface area contributed by atoms with E-state index < -0.39 is 11.7 Å². The Kier molecular flexibility index (Phi) is 7.37. The predicted octanol–water partition coefficient (Wildman–Crippen LogP) is 2.18.